The van der Waals surface area contributed by atoms with Crippen molar-refractivity contribution < 1.29 is 9.21 Å². The first-order chi connectivity index (χ1) is 13.0. The summed E-state index contributed by atoms with van der Waals surface area (Å²) in [6.45, 7) is 3.14. The molecular weight excluding hydrogens is 364 g/mol. The van der Waals surface area contributed by atoms with E-state index >= 15 is 0 Å². The van der Waals surface area contributed by atoms with Crippen LogP contribution < -0.4 is 0 Å². The predicted octanol–water partition coefficient (Wildman–Crippen LogP) is 4.01. The summed E-state index contributed by atoms with van der Waals surface area (Å²) in [6, 6.07) is 11.1. The third-order valence-corrected chi connectivity index (χ3v) is 4.69. The Labute approximate surface area is 165 Å². The Kier molecular flexibility index (Phi) is 6.53. The Balaban J connectivity index is 1.52. The Morgan fingerprint density at radius 3 is 2.67 bits per heavy atom. The summed E-state index contributed by atoms with van der Waals surface area (Å²) in [5.41, 5.74) is 0.945. The molecule has 1 aromatic heterocycles. The first-order valence-electron chi connectivity index (χ1n) is 9.14. The average molecular weight is 389 g/mol. The highest BCUT2D eigenvalue weighted by Gasteiger charge is 2.27. The summed E-state index contributed by atoms with van der Waals surface area (Å²) in [6.07, 6.45) is 3.68. The molecule has 0 saturated carbocycles. The zero-order chi connectivity index (χ0) is 19.2. The standard InChI is InChI=1S/C20H25ClN4O2/c1-23(2)11-3-4-12-24-13-14-25(20(24)26)22-15-18-9-10-19(27-18)16-5-7-17(21)8-6-16/h5-10,15H,3-4,11-14H2,1-2H3. The van der Waals surface area contributed by atoms with Gasteiger partial charge in [0.05, 0.1) is 12.8 Å². The first-order valence-corrected chi connectivity index (χ1v) is 9.51. The van der Waals surface area contributed by atoms with Crippen LogP contribution in [0.5, 0.6) is 0 Å². The van der Waals surface area contributed by atoms with Crippen molar-refractivity contribution in [2.75, 3.05) is 40.3 Å². The Morgan fingerprint density at radius 2 is 1.93 bits per heavy atom. The van der Waals surface area contributed by atoms with E-state index in [0.717, 1.165) is 37.3 Å². The van der Waals surface area contributed by atoms with Crippen LogP contribution in [-0.2, 0) is 0 Å². The molecule has 1 saturated heterocycles. The predicted molar refractivity (Wildman–Crippen MR) is 108 cm³/mol. The molecule has 6 nitrogen and oxygen atoms in total. The number of urea groups is 1. The minimum Gasteiger partial charge on any atom is -0.455 e. The summed E-state index contributed by atoms with van der Waals surface area (Å²) in [7, 11) is 4.12. The number of halogens is 1. The lowest BCUT2D eigenvalue weighted by atomic mass is 10.2. The molecule has 0 aliphatic carbocycles. The normalized spacial score (nSPS) is 14.9. The molecule has 2 amide bonds. The number of furan rings is 1. The van der Waals surface area contributed by atoms with Crippen molar-refractivity contribution in [3.05, 3.63) is 47.2 Å². The van der Waals surface area contributed by atoms with Gasteiger partial charge in [-0.3, -0.25) is 0 Å². The van der Waals surface area contributed by atoms with Crippen LogP contribution in [-0.4, -0.2) is 67.3 Å². The number of benzene rings is 1. The molecule has 0 N–H and O–H groups in total. The van der Waals surface area contributed by atoms with Gasteiger partial charge in [-0.25, -0.2) is 9.80 Å². The maximum atomic E-state index is 12.4. The van der Waals surface area contributed by atoms with E-state index in [0.29, 0.717) is 23.9 Å². The van der Waals surface area contributed by atoms with Crippen molar-refractivity contribution in [2.45, 2.75) is 12.8 Å². The lowest BCUT2D eigenvalue weighted by Crippen LogP contribution is -2.30. The third-order valence-electron chi connectivity index (χ3n) is 4.44. The van der Waals surface area contributed by atoms with Crippen LogP contribution >= 0.6 is 11.6 Å². The van der Waals surface area contributed by atoms with Gasteiger partial charge in [-0.15, -0.1) is 0 Å². The van der Waals surface area contributed by atoms with Crippen LogP contribution in [0.2, 0.25) is 5.02 Å². The second-order valence-electron chi connectivity index (χ2n) is 6.86. The average Bonchev–Trinajstić information content (AvgIpc) is 3.25. The molecule has 2 heterocycles. The van der Waals surface area contributed by atoms with Gasteiger partial charge in [0, 0.05) is 23.7 Å². The topological polar surface area (TPSA) is 52.3 Å². The number of carbonyl (C=O) groups is 1. The lowest BCUT2D eigenvalue weighted by molar-refractivity contribution is 0.192. The molecule has 144 valence electrons. The van der Waals surface area contributed by atoms with Crippen molar-refractivity contribution in [3.63, 3.8) is 0 Å². The van der Waals surface area contributed by atoms with Crippen molar-refractivity contribution in [1.29, 1.82) is 0 Å². The molecule has 1 fully saturated rings. The molecule has 27 heavy (non-hydrogen) atoms. The van der Waals surface area contributed by atoms with Gasteiger partial charge in [-0.05, 0) is 69.9 Å². The Bertz CT molecular complexity index is 786. The molecule has 1 aromatic carbocycles. The number of unbranched alkanes of at least 4 members (excludes halogenated alkanes) is 1. The zero-order valence-electron chi connectivity index (χ0n) is 15.8. The highest BCUT2D eigenvalue weighted by atomic mass is 35.5. The van der Waals surface area contributed by atoms with Crippen LogP contribution in [0.1, 0.15) is 18.6 Å². The molecule has 0 spiro atoms. The van der Waals surface area contributed by atoms with Gasteiger partial charge in [-0.1, -0.05) is 11.6 Å². The van der Waals surface area contributed by atoms with Crippen molar-refractivity contribution in [3.8, 4) is 11.3 Å². The fraction of sp³-hybridized carbons (Fsp3) is 0.400. The van der Waals surface area contributed by atoms with Gasteiger partial charge in [-0.2, -0.15) is 5.10 Å². The number of nitrogens with zero attached hydrogens (tertiary/aromatic N) is 4. The van der Waals surface area contributed by atoms with Gasteiger partial charge in [0.2, 0.25) is 0 Å². The molecular formula is C20H25ClN4O2. The second-order valence-corrected chi connectivity index (χ2v) is 7.29. The quantitative estimate of drug-likeness (QED) is 0.507. The number of amides is 2. The molecule has 0 unspecified atom stereocenters. The highest BCUT2D eigenvalue weighted by Crippen LogP contribution is 2.23. The largest absolute Gasteiger partial charge is 0.455 e. The van der Waals surface area contributed by atoms with E-state index in [1.807, 2.05) is 41.3 Å². The minimum atomic E-state index is -0.0411. The van der Waals surface area contributed by atoms with E-state index in [4.69, 9.17) is 16.0 Å². The van der Waals surface area contributed by atoms with E-state index in [9.17, 15) is 4.79 Å². The SMILES string of the molecule is CN(C)CCCCN1CCN(N=Cc2ccc(-c3ccc(Cl)cc3)o2)C1=O. The molecule has 0 radical (unpaired) electrons. The Hall–Kier alpha value is -2.31. The van der Waals surface area contributed by atoms with Gasteiger partial charge >= 0.3 is 6.03 Å². The van der Waals surface area contributed by atoms with E-state index in [-0.39, 0.29) is 6.03 Å². The van der Waals surface area contributed by atoms with E-state index in [2.05, 4.69) is 24.1 Å². The number of hydrogen-bond donors (Lipinski definition) is 0. The van der Waals surface area contributed by atoms with Crippen LogP contribution in [0.3, 0.4) is 0 Å². The number of hydrogen-bond acceptors (Lipinski definition) is 4. The zero-order valence-corrected chi connectivity index (χ0v) is 16.5. The van der Waals surface area contributed by atoms with Crippen LogP contribution in [0, 0.1) is 0 Å². The second kappa shape index (κ2) is 9.06. The summed E-state index contributed by atoms with van der Waals surface area (Å²) in [5, 5.41) is 6.48. The molecule has 0 bridgehead atoms. The summed E-state index contributed by atoms with van der Waals surface area (Å²) in [5.74, 6) is 1.35. The van der Waals surface area contributed by atoms with Crippen LogP contribution in [0.25, 0.3) is 11.3 Å². The van der Waals surface area contributed by atoms with Gasteiger partial charge in [0.1, 0.15) is 11.5 Å². The molecule has 3 rings (SSSR count). The van der Waals surface area contributed by atoms with Crippen molar-refractivity contribution in [1.82, 2.24) is 14.8 Å². The van der Waals surface area contributed by atoms with Crippen LogP contribution in [0.4, 0.5) is 4.79 Å². The third kappa shape index (κ3) is 5.34. The summed E-state index contributed by atoms with van der Waals surface area (Å²) >= 11 is 5.91. The molecule has 1 aliphatic heterocycles. The smallest absolute Gasteiger partial charge is 0.340 e. The molecule has 1 aliphatic rings. The first kappa shape index (κ1) is 19.5. The van der Waals surface area contributed by atoms with E-state index in [1.54, 1.807) is 6.21 Å². The van der Waals surface area contributed by atoms with Crippen LogP contribution in [0.15, 0.2) is 45.9 Å². The number of carbonyl (C=O) groups excluding carboxylic acids is 1. The number of hydrazone groups is 1. The highest BCUT2D eigenvalue weighted by molar-refractivity contribution is 6.30. The Morgan fingerprint density at radius 1 is 1.15 bits per heavy atom. The molecule has 7 heteroatoms. The minimum absolute atomic E-state index is 0.0411. The van der Waals surface area contributed by atoms with E-state index in [1.165, 1.54) is 5.01 Å². The lowest BCUT2D eigenvalue weighted by Gasteiger charge is -2.16. The molecule has 0 atom stereocenters. The monoisotopic (exact) mass is 388 g/mol. The van der Waals surface area contributed by atoms with Crippen molar-refractivity contribution >= 4 is 23.8 Å². The van der Waals surface area contributed by atoms with E-state index < -0.39 is 0 Å². The maximum Gasteiger partial charge on any atom is 0.340 e. The fourth-order valence-corrected chi connectivity index (χ4v) is 3.06. The summed E-state index contributed by atoms with van der Waals surface area (Å²) < 4.78 is 5.78. The van der Waals surface area contributed by atoms with Gasteiger partial charge < -0.3 is 14.2 Å². The summed E-state index contributed by atoms with van der Waals surface area (Å²) in [4.78, 5) is 16.4. The maximum absolute atomic E-state index is 12.4. The molecule has 2 aromatic rings. The number of rotatable bonds is 8. The van der Waals surface area contributed by atoms with Gasteiger partial charge in [0.25, 0.3) is 0 Å². The van der Waals surface area contributed by atoms with Crippen molar-refractivity contribution in [2.24, 2.45) is 5.10 Å². The fourth-order valence-electron chi connectivity index (χ4n) is 2.93. The van der Waals surface area contributed by atoms with Gasteiger partial charge in [0.15, 0.2) is 0 Å².